The molecule has 49 valence electrons. The molecule has 0 saturated carbocycles. The first kappa shape index (κ1) is 6.70. The fraction of sp³-hybridized carbons (Fsp3) is 0. The van der Waals surface area contributed by atoms with Crippen molar-refractivity contribution in [3.05, 3.63) is 36.2 Å². The molecule has 1 heteroatoms. The van der Waals surface area contributed by atoms with Crippen molar-refractivity contribution in [1.82, 2.24) is 0 Å². The van der Waals surface area contributed by atoms with Crippen molar-refractivity contribution in [1.29, 1.82) is 0 Å². The molecule has 1 aromatic carbocycles. The van der Waals surface area contributed by atoms with Gasteiger partial charge in [0, 0.05) is 5.69 Å². The summed E-state index contributed by atoms with van der Waals surface area (Å²) in [6.45, 7) is 3.73. The van der Waals surface area contributed by atoms with Gasteiger partial charge in [-0.05, 0) is 18.6 Å². The Balaban J connectivity index is 3.34. The van der Waals surface area contributed by atoms with Crippen LogP contribution < -0.4 is 5.73 Å². The van der Waals surface area contributed by atoms with E-state index in [1.807, 2.05) is 12.1 Å². The van der Waals surface area contributed by atoms with E-state index in [2.05, 4.69) is 12.8 Å². The highest BCUT2D eigenvalue weighted by molar-refractivity contribution is 5.59. The first-order chi connectivity index (χ1) is 4.75. The van der Waals surface area contributed by atoms with E-state index in [1.165, 1.54) is 0 Å². The Kier molecular flexibility index (Phi) is 1.64. The monoisotopic (exact) mass is 130 g/mol. The van der Waals surface area contributed by atoms with E-state index in [0.29, 0.717) is 11.3 Å². The summed E-state index contributed by atoms with van der Waals surface area (Å²) in [4.78, 5) is 0. The summed E-state index contributed by atoms with van der Waals surface area (Å²) in [5.74, 6) is 2.48. The number of rotatable bonds is 0. The zero-order valence-corrected chi connectivity index (χ0v) is 5.59. The van der Waals surface area contributed by atoms with Gasteiger partial charge in [0.1, 0.15) is 0 Å². The van der Waals surface area contributed by atoms with Gasteiger partial charge in [-0.2, -0.15) is 0 Å². The maximum Gasteiger partial charge on any atom is 0.0504 e. The molecular weight excluding hydrogens is 122 g/mol. The molecular formula is C9H8N. The Labute approximate surface area is 60.9 Å². The van der Waals surface area contributed by atoms with Crippen LogP contribution in [0.2, 0.25) is 0 Å². The van der Waals surface area contributed by atoms with Crippen molar-refractivity contribution in [3.8, 4) is 12.3 Å². The fourth-order valence-corrected chi connectivity index (χ4v) is 0.796. The third kappa shape index (κ3) is 0.964. The van der Waals surface area contributed by atoms with Crippen LogP contribution in [0.15, 0.2) is 18.2 Å². The second-order valence-corrected chi connectivity index (χ2v) is 2.03. The number of nitrogens with two attached hydrogens (primary N) is 1. The molecule has 10 heavy (non-hydrogen) atoms. The zero-order chi connectivity index (χ0) is 7.56. The summed E-state index contributed by atoms with van der Waals surface area (Å²) < 4.78 is 0. The highest BCUT2D eigenvalue weighted by atomic mass is 14.6. The quantitative estimate of drug-likeness (QED) is 0.417. The van der Waals surface area contributed by atoms with Crippen molar-refractivity contribution in [3.63, 3.8) is 0 Å². The van der Waals surface area contributed by atoms with Crippen LogP contribution in [0.5, 0.6) is 0 Å². The molecule has 0 saturated heterocycles. The molecule has 0 bridgehead atoms. The minimum absolute atomic E-state index is 0.620. The third-order valence-corrected chi connectivity index (χ3v) is 1.33. The molecule has 0 unspecified atom stereocenters. The molecule has 0 atom stereocenters. The summed E-state index contributed by atoms with van der Waals surface area (Å²) in [6, 6.07) is 5.44. The van der Waals surface area contributed by atoms with Gasteiger partial charge in [-0.1, -0.05) is 18.1 Å². The van der Waals surface area contributed by atoms with Crippen LogP contribution >= 0.6 is 0 Å². The first-order valence-electron chi connectivity index (χ1n) is 2.92. The minimum atomic E-state index is 0.620. The lowest BCUT2D eigenvalue weighted by Crippen LogP contribution is -1.91. The number of terminal acetylenes is 1. The topological polar surface area (TPSA) is 26.0 Å². The lowest BCUT2D eigenvalue weighted by molar-refractivity contribution is 1.55. The van der Waals surface area contributed by atoms with Crippen LogP contribution in [0, 0.1) is 19.3 Å². The number of nitrogen functional groups attached to an aromatic ring is 1. The molecule has 1 radical (unpaired) electrons. The predicted octanol–water partition coefficient (Wildman–Crippen LogP) is 1.43. The summed E-state index contributed by atoms with van der Waals surface area (Å²) in [7, 11) is 0. The van der Waals surface area contributed by atoms with E-state index < -0.39 is 0 Å². The van der Waals surface area contributed by atoms with E-state index in [4.69, 9.17) is 12.2 Å². The van der Waals surface area contributed by atoms with E-state index in [9.17, 15) is 0 Å². The molecule has 0 aromatic heterocycles. The molecule has 1 aromatic rings. The normalized spacial score (nSPS) is 8.80. The second kappa shape index (κ2) is 2.45. The molecule has 1 nitrogen and oxygen atoms in total. The van der Waals surface area contributed by atoms with Crippen LogP contribution in [0.1, 0.15) is 11.1 Å². The van der Waals surface area contributed by atoms with Crippen LogP contribution in [-0.4, -0.2) is 0 Å². The molecule has 1 rings (SSSR count). The molecule has 0 fully saturated rings. The molecule has 0 heterocycles. The van der Waals surface area contributed by atoms with Gasteiger partial charge in [-0.25, -0.2) is 0 Å². The van der Waals surface area contributed by atoms with Gasteiger partial charge in [0.2, 0.25) is 0 Å². The van der Waals surface area contributed by atoms with Gasteiger partial charge in [0.15, 0.2) is 0 Å². The van der Waals surface area contributed by atoms with Gasteiger partial charge in [0.25, 0.3) is 0 Å². The standard InChI is InChI=1S/C9H8N/c1-3-8-7(2)5-4-6-9(8)10/h1,4-6H,2,10H2. The van der Waals surface area contributed by atoms with Gasteiger partial charge >= 0.3 is 0 Å². The smallest absolute Gasteiger partial charge is 0.0504 e. The first-order valence-corrected chi connectivity index (χ1v) is 2.92. The SMILES string of the molecule is C#Cc1c([CH2])cccc1N. The van der Waals surface area contributed by atoms with Crippen LogP contribution in [-0.2, 0) is 0 Å². The fourth-order valence-electron chi connectivity index (χ4n) is 0.796. The largest absolute Gasteiger partial charge is 0.398 e. The van der Waals surface area contributed by atoms with Crippen LogP contribution in [0.3, 0.4) is 0 Å². The summed E-state index contributed by atoms with van der Waals surface area (Å²) in [5.41, 5.74) is 7.67. The summed E-state index contributed by atoms with van der Waals surface area (Å²) in [5, 5.41) is 0. The molecule has 0 aliphatic carbocycles. The average Bonchev–Trinajstić information content (AvgIpc) is 1.88. The maximum absolute atomic E-state index is 5.55. The molecule has 0 aliphatic heterocycles. The highest BCUT2D eigenvalue weighted by Crippen LogP contribution is 2.13. The van der Waals surface area contributed by atoms with Crippen molar-refractivity contribution in [2.24, 2.45) is 0 Å². The Hall–Kier alpha value is -1.42. The highest BCUT2D eigenvalue weighted by Gasteiger charge is 1.96. The lowest BCUT2D eigenvalue weighted by atomic mass is 10.1. The number of hydrogen-bond acceptors (Lipinski definition) is 1. The molecule has 0 spiro atoms. The number of anilines is 1. The van der Waals surface area contributed by atoms with Crippen molar-refractivity contribution in [2.45, 2.75) is 0 Å². The zero-order valence-electron chi connectivity index (χ0n) is 5.59. The van der Waals surface area contributed by atoms with E-state index in [1.54, 1.807) is 6.07 Å². The molecule has 0 aliphatic rings. The van der Waals surface area contributed by atoms with Crippen LogP contribution in [0.4, 0.5) is 5.69 Å². The predicted molar refractivity (Wildman–Crippen MR) is 43.2 cm³/mol. The number of benzene rings is 1. The Morgan fingerprint density at radius 2 is 2.20 bits per heavy atom. The Morgan fingerprint density at radius 3 is 2.60 bits per heavy atom. The maximum atomic E-state index is 5.55. The molecule has 2 N–H and O–H groups in total. The van der Waals surface area contributed by atoms with Crippen molar-refractivity contribution >= 4 is 5.69 Å². The van der Waals surface area contributed by atoms with Gasteiger partial charge < -0.3 is 5.73 Å². The van der Waals surface area contributed by atoms with E-state index >= 15 is 0 Å². The Morgan fingerprint density at radius 1 is 1.50 bits per heavy atom. The van der Waals surface area contributed by atoms with Crippen molar-refractivity contribution in [2.75, 3.05) is 5.73 Å². The van der Waals surface area contributed by atoms with E-state index in [0.717, 1.165) is 5.56 Å². The molecule has 0 amide bonds. The van der Waals surface area contributed by atoms with Crippen molar-refractivity contribution < 1.29 is 0 Å². The average molecular weight is 130 g/mol. The summed E-state index contributed by atoms with van der Waals surface area (Å²) >= 11 is 0. The second-order valence-electron chi connectivity index (χ2n) is 2.03. The number of hydrogen-bond donors (Lipinski definition) is 1. The van der Waals surface area contributed by atoms with Gasteiger partial charge in [-0.3, -0.25) is 0 Å². The van der Waals surface area contributed by atoms with Gasteiger partial charge in [0.05, 0.1) is 5.56 Å². The van der Waals surface area contributed by atoms with Crippen LogP contribution in [0.25, 0.3) is 0 Å². The lowest BCUT2D eigenvalue weighted by Gasteiger charge is -1.99. The third-order valence-electron chi connectivity index (χ3n) is 1.33. The summed E-state index contributed by atoms with van der Waals surface area (Å²) in [6.07, 6.45) is 5.18. The minimum Gasteiger partial charge on any atom is -0.398 e. The van der Waals surface area contributed by atoms with Gasteiger partial charge in [-0.15, -0.1) is 6.42 Å². The van der Waals surface area contributed by atoms with E-state index in [-0.39, 0.29) is 0 Å². The Bertz CT molecular complexity index is 261.